The summed E-state index contributed by atoms with van der Waals surface area (Å²) in [7, 11) is 0. The maximum Gasteiger partial charge on any atom is 0.318 e. The van der Waals surface area contributed by atoms with Crippen molar-refractivity contribution in [2.24, 2.45) is 0 Å². The summed E-state index contributed by atoms with van der Waals surface area (Å²) in [5.74, 6) is -0.0332. The van der Waals surface area contributed by atoms with Gasteiger partial charge in [0.15, 0.2) is 12.4 Å². The van der Waals surface area contributed by atoms with E-state index in [0.717, 1.165) is 11.1 Å². The van der Waals surface area contributed by atoms with Crippen LogP contribution in [-0.4, -0.2) is 16.1 Å². The van der Waals surface area contributed by atoms with Gasteiger partial charge in [-0.25, -0.2) is 0 Å². The van der Waals surface area contributed by atoms with Gasteiger partial charge in [0.25, 0.3) is 5.89 Å². The molecular weight excluding hydrogens is 292 g/mol. The third kappa shape index (κ3) is 3.63. The summed E-state index contributed by atoms with van der Waals surface area (Å²) in [6, 6.07) is 19.1. The molecule has 2 aromatic carbocycles. The van der Waals surface area contributed by atoms with Gasteiger partial charge in [0.1, 0.15) is 5.92 Å². The van der Waals surface area contributed by atoms with Gasteiger partial charge in [-0.1, -0.05) is 65.8 Å². The average Bonchev–Trinajstić information content (AvgIpc) is 3.01. The largest absolute Gasteiger partial charge is 0.455 e. The van der Waals surface area contributed by atoms with E-state index in [-0.39, 0.29) is 18.5 Å². The molecule has 1 aromatic heterocycles. The Labute approximate surface area is 133 Å². The molecule has 5 nitrogen and oxygen atoms in total. The lowest BCUT2D eigenvalue weighted by Gasteiger charge is -2.16. The molecule has 23 heavy (non-hydrogen) atoms. The Bertz CT molecular complexity index is 730. The lowest BCUT2D eigenvalue weighted by Crippen LogP contribution is -2.17. The predicted molar refractivity (Wildman–Crippen MR) is 83.6 cm³/mol. The van der Waals surface area contributed by atoms with E-state index in [1.54, 1.807) is 6.92 Å². The van der Waals surface area contributed by atoms with Crippen molar-refractivity contribution in [2.75, 3.05) is 0 Å². The highest BCUT2D eigenvalue weighted by atomic mass is 16.6. The van der Waals surface area contributed by atoms with E-state index in [9.17, 15) is 4.79 Å². The molecular formula is C18H16N2O3. The number of aryl methyl sites for hydroxylation is 1. The molecule has 0 saturated carbocycles. The normalized spacial score (nSPS) is 10.7. The molecule has 0 unspecified atom stereocenters. The van der Waals surface area contributed by atoms with Crippen LogP contribution in [0.25, 0.3) is 0 Å². The van der Waals surface area contributed by atoms with Crippen LogP contribution in [-0.2, 0) is 16.1 Å². The number of hydrogen-bond donors (Lipinski definition) is 0. The standard InChI is InChI=1S/C18H16N2O3/c1-13-19-16(23-20-13)12-22-18(21)17(14-8-4-2-5-9-14)15-10-6-3-7-11-15/h2-11,17H,12H2,1H3. The zero-order valence-corrected chi connectivity index (χ0v) is 12.7. The highest BCUT2D eigenvalue weighted by Gasteiger charge is 2.24. The zero-order chi connectivity index (χ0) is 16.1. The van der Waals surface area contributed by atoms with Gasteiger partial charge in [0, 0.05) is 0 Å². The molecule has 0 radical (unpaired) electrons. The van der Waals surface area contributed by atoms with Crippen LogP contribution in [0.3, 0.4) is 0 Å². The molecule has 1 heterocycles. The summed E-state index contributed by atoms with van der Waals surface area (Å²) < 4.78 is 10.3. The first kappa shape index (κ1) is 15.0. The Morgan fingerprint density at radius 2 is 1.61 bits per heavy atom. The van der Waals surface area contributed by atoms with Crippen LogP contribution in [0.5, 0.6) is 0 Å². The number of hydrogen-bond acceptors (Lipinski definition) is 5. The zero-order valence-electron chi connectivity index (χ0n) is 12.7. The molecule has 0 saturated heterocycles. The Morgan fingerprint density at radius 1 is 1.04 bits per heavy atom. The minimum atomic E-state index is -0.485. The minimum Gasteiger partial charge on any atom is -0.455 e. The fraction of sp³-hybridized carbons (Fsp3) is 0.167. The highest BCUT2D eigenvalue weighted by Crippen LogP contribution is 2.26. The number of carbonyl (C=O) groups is 1. The summed E-state index contributed by atoms with van der Waals surface area (Å²) in [6.45, 7) is 1.68. The van der Waals surface area contributed by atoms with E-state index in [0.29, 0.717) is 5.82 Å². The average molecular weight is 308 g/mol. The van der Waals surface area contributed by atoms with Gasteiger partial charge in [0.2, 0.25) is 0 Å². The molecule has 0 spiro atoms. The van der Waals surface area contributed by atoms with Crippen LogP contribution >= 0.6 is 0 Å². The van der Waals surface area contributed by atoms with Crippen LogP contribution in [0.4, 0.5) is 0 Å². The van der Waals surface area contributed by atoms with Gasteiger partial charge >= 0.3 is 5.97 Å². The molecule has 0 bridgehead atoms. The van der Waals surface area contributed by atoms with Crippen LogP contribution in [0, 0.1) is 6.92 Å². The van der Waals surface area contributed by atoms with E-state index in [4.69, 9.17) is 9.26 Å². The first-order chi connectivity index (χ1) is 11.2. The van der Waals surface area contributed by atoms with Crippen LogP contribution < -0.4 is 0 Å². The third-order valence-electron chi connectivity index (χ3n) is 3.41. The van der Waals surface area contributed by atoms with E-state index >= 15 is 0 Å². The molecule has 0 aliphatic rings. The highest BCUT2D eigenvalue weighted by molar-refractivity contribution is 5.82. The van der Waals surface area contributed by atoms with E-state index in [1.807, 2.05) is 60.7 Å². The number of ether oxygens (including phenoxy) is 1. The summed E-state index contributed by atoms with van der Waals surface area (Å²) >= 11 is 0. The van der Waals surface area contributed by atoms with Crippen molar-refractivity contribution in [3.05, 3.63) is 83.5 Å². The predicted octanol–water partition coefficient (Wildman–Crippen LogP) is 3.25. The number of esters is 1. The maximum atomic E-state index is 12.6. The fourth-order valence-electron chi connectivity index (χ4n) is 2.37. The second-order valence-electron chi connectivity index (χ2n) is 5.10. The number of carbonyl (C=O) groups excluding carboxylic acids is 1. The van der Waals surface area contributed by atoms with Crippen LogP contribution in [0.1, 0.15) is 28.8 Å². The smallest absolute Gasteiger partial charge is 0.318 e. The molecule has 0 atom stereocenters. The molecule has 0 fully saturated rings. The maximum absolute atomic E-state index is 12.6. The van der Waals surface area contributed by atoms with Gasteiger partial charge in [0.05, 0.1) is 0 Å². The van der Waals surface area contributed by atoms with Crippen molar-refractivity contribution < 1.29 is 14.1 Å². The van der Waals surface area contributed by atoms with Crippen LogP contribution in [0.2, 0.25) is 0 Å². The van der Waals surface area contributed by atoms with Crippen molar-refractivity contribution in [3.63, 3.8) is 0 Å². The number of rotatable bonds is 5. The van der Waals surface area contributed by atoms with E-state index < -0.39 is 5.92 Å². The molecule has 0 amide bonds. The molecule has 0 aliphatic heterocycles. The van der Waals surface area contributed by atoms with Gasteiger partial charge in [-0.05, 0) is 18.1 Å². The molecule has 116 valence electrons. The van der Waals surface area contributed by atoms with Crippen molar-refractivity contribution in [2.45, 2.75) is 19.4 Å². The summed E-state index contributed by atoms with van der Waals surface area (Å²) in [4.78, 5) is 16.6. The summed E-state index contributed by atoms with van der Waals surface area (Å²) in [6.07, 6.45) is 0. The van der Waals surface area contributed by atoms with Gasteiger partial charge in [-0.3, -0.25) is 4.79 Å². The lowest BCUT2D eigenvalue weighted by molar-refractivity contribution is -0.146. The second kappa shape index (κ2) is 6.87. The quantitative estimate of drug-likeness (QED) is 0.677. The topological polar surface area (TPSA) is 65.2 Å². The Balaban J connectivity index is 1.82. The summed E-state index contributed by atoms with van der Waals surface area (Å²) in [5.41, 5.74) is 1.76. The fourth-order valence-corrected chi connectivity index (χ4v) is 2.37. The van der Waals surface area contributed by atoms with Crippen molar-refractivity contribution >= 4 is 5.97 Å². The Morgan fingerprint density at radius 3 is 2.09 bits per heavy atom. The molecule has 3 aromatic rings. The van der Waals surface area contributed by atoms with Gasteiger partial charge in [-0.2, -0.15) is 4.98 Å². The van der Waals surface area contributed by atoms with Crippen LogP contribution in [0.15, 0.2) is 65.2 Å². The molecule has 3 rings (SSSR count). The van der Waals surface area contributed by atoms with E-state index in [1.165, 1.54) is 0 Å². The van der Waals surface area contributed by atoms with Gasteiger partial charge in [-0.15, -0.1) is 0 Å². The van der Waals surface area contributed by atoms with E-state index in [2.05, 4.69) is 10.1 Å². The molecule has 0 aliphatic carbocycles. The minimum absolute atomic E-state index is 0.0319. The first-order valence-electron chi connectivity index (χ1n) is 7.30. The number of benzene rings is 2. The Kier molecular flexibility index (Phi) is 4.47. The first-order valence-corrected chi connectivity index (χ1v) is 7.30. The molecule has 5 heteroatoms. The van der Waals surface area contributed by atoms with Crippen molar-refractivity contribution in [1.29, 1.82) is 0 Å². The monoisotopic (exact) mass is 308 g/mol. The SMILES string of the molecule is Cc1noc(COC(=O)C(c2ccccc2)c2ccccc2)n1. The number of nitrogens with zero attached hydrogens (tertiary/aromatic N) is 2. The third-order valence-corrected chi connectivity index (χ3v) is 3.41. The van der Waals surface area contributed by atoms with Crippen molar-refractivity contribution in [3.8, 4) is 0 Å². The lowest BCUT2D eigenvalue weighted by atomic mass is 9.91. The van der Waals surface area contributed by atoms with Gasteiger partial charge < -0.3 is 9.26 Å². The second-order valence-corrected chi connectivity index (χ2v) is 5.10. The summed E-state index contributed by atoms with van der Waals surface area (Å²) in [5, 5.41) is 3.68. The molecule has 0 N–H and O–H groups in total. The Hall–Kier alpha value is -2.95. The van der Waals surface area contributed by atoms with Crippen molar-refractivity contribution in [1.82, 2.24) is 10.1 Å². The number of aromatic nitrogens is 2.